The lowest BCUT2D eigenvalue weighted by Gasteiger charge is -2.18. The summed E-state index contributed by atoms with van der Waals surface area (Å²) in [5.74, 6) is -0.147. The molecule has 1 heterocycles. The largest absolute Gasteiger partial charge is 0.356 e. The molecule has 0 unspecified atom stereocenters. The first-order valence-corrected chi connectivity index (χ1v) is 9.53. The zero-order valence-electron chi connectivity index (χ0n) is 15.4. The maximum atomic E-state index is 12.3. The number of rotatable bonds is 8. The summed E-state index contributed by atoms with van der Waals surface area (Å²) in [6, 6.07) is 16.1. The molecule has 146 valence electrons. The van der Waals surface area contributed by atoms with E-state index in [4.69, 9.17) is 17.3 Å². The van der Waals surface area contributed by atoms with Crippen LogP contribution in [0.1, 0.15) is 24.4 Å². The summed E-state index contributed by atoms with van der Waals surface area (Å²) in [4.78, 5) is 23.6. The van der Waals surface area contributed by atoms with Gasteiger partial charge in [0.05, 0.1) is 12.5 Å². The minimum atomic E-state index is -0.674. The van der Waals surface area contributed by atoms with Gasteiger partial charge in [-0.1, -0.05) is 41.9 Å². The highest BCUT2D eigenvalue weighted by atomic mass is 35.5. The number of nitrogens with one attached hydrogen (secondary N) is 2. The molecule has 0 radical (unpaired) electrons. The molecule has 4 N–H and O–H groups in total. The fraction of sp³-hybridized carbons (Fsp3) is 0.238. The molecule has 0 aliphatic rings. The molecule has 0 saturated heterocycles. The van der Waals surface area contributed by atoms with Crippen molar-refractivity contribution < 1.29 is 9.59 Å². The van der Waals surface area contributed by atoms with Crippen LogP contribution in [-0.2, 0) is 11.3 Å². The number of amides is 3. The topological polar surface area (TPSA) is 89.2 Å². The minimum absolute atomic E-state index is 0.108. The lowest BCUT2D eigenvalue weighted by Crippen LogP contribution is -2.37. The van der Waals surface area contributed by atoms with Crippen LogP contribution in [-0.4, -0.2) is 23.1 Å². The maximum absolute atomic E-state index is 12.3. The molecule has 1 atom stereocenters. The van der Waals surface area contributed by atoms with Gasteiger partial charge in [-0.2, -0.15) is 0 Å². The van der Waals surface area contributed by atoms with Gasteiger partial charge in [-0.05, 0) is 41.6 Å². The third-order valence-electron chi connectivity index (χ3n) is 4.56. The number of aromatic nitrogens is 1. The molecule has 28 heavy (non-hydrogen) atoms. The molecule has 3 aromatic rings. The number of para-hydroxylation sites is 1. The zero-order chi connectivity index (χ0) is 19.9. The van der Waals surface area contributed by atoms with Crippen molar-refractivity contribution in [1.82, 2.24) is 15.2 Å². The summed E-state index contributed by atoms with van der Waals surface area (Å²) < 4.78 is 2.17. The van der Waals surface area contributed by atoms with E-state index in [-0.39, 0.29) is 12.3 Å². The number of hydrogen-bond donors (Lipinski definition) is 3. The van der Waals surface area contributed by atoms with E-state index in [0.29, 0.717) is 11.6 Å². The Kier molecular flexibility index (Phi) is 6.55. The van der Waals surface area contributed by atoms with E-state index in [1.54, 1.807) is 24.3 Å². The van der Waals surface area contributed by atoms with Gasteiger partial charge in [-0.15, -0.1) is 0 Å². The Balaban J connectivity index is 1.50. The van der Waals surface area contributed by atoms with Crippen LogP contribution in [0, 0.1) is 0 Å². The number of nitrogens with two attached hydrogens (primary N) is 1. The second kappa shape index (κ2) is 9.28. The number of carbonyl (C=O) groups is 2. The van der Waals surface area contributed by atoms with Gasteiger partial charge in [0.15, 0.2) is 0 Å². The Labute approximate surface area is 168 Å². The molecule has 3 amide bonds. The van der Waals surface area contributed by atoms with Gasteiger partial charge in [-0.25, -0.2) is 4.79 Å². The quantitative estimate of drug-likeness (QED) is 0.506. The van der Waals surface area contributed by atoms with Gasteiger partial charge >= 0.3 is 6.03 Å². The summed E-state index contributed by atoms with van der Waals surface area (Å²) in [6.45, 7) is 1.36. The number of nitrogens with zero attached hydrogens (tertiary/aromatic N) is 1. The smallest absolute Gasteiger partial charge is 0.312 e. The van der Waals surface area contributed by atoms with Crippen molar-refractivity contribution in [3.63, 3.8) is 0 Å². The first-order valence-electron chi connectivity index (χ1n) is 9.15. The number of hydrogen-bond acceptors (Lipinski definition) is 2. The van der Waals surface area contributed by atoms with Crippen LogP contribution in [0.15, 0.2) is 60.8 Å². The SMILES string of the molecule is NC(=O)N[C@H](CC(=O)NCCCn1ccc2ccccc21)c1ccc(Cl)cc1. The standard InChI is InChI=1S/C21H23ClN4O2/c22-17-8-6-15(7-9-17)18(25-21(23)28)14-20(27)24-11-3-12-26-13-10-16-4-1-2-5-19(16)26/h1-2,4-10,13,18H,3,11-12,14H2,(H,24,27)(H3,23,25,28)/t18-/m1/s1. The third-order valence-corrected chi connectivity index (χ3v) is 4.81. The number of halogens is 1. The fourth-order valence-electron chi connectivity index (χ4n) is 3.19. The van der Waals surface area contributed by atoms with E-state index in [9.17, 15) is 9.59 Å². The summed E-state index contributed by atoms with van der Waals surface area (Å²) in [5, 5.41) is 7.31. The molecular formula is C21H23ClN4O2. The number of aryl methyl sites for hydroxylation is 1. The van der Waals surface area contributed by atoms with Crippen molar-refractivity contribution in [2.45, 2.75) is 25.4 Å². The van der Waals surface area contributed by atoms with E-state index < -0.39 is 12.1 Å². The predicted octanol–water partition coefficient (Wildman–Crippen LogP) is 3.60. The first-order chi connectivity index (χ1) is 13.5. The van der Waals surface area contributed by atoms with Crippen molar-refractivity contribution >= 4 is 34.4 Å². The van der Waals surface area contributed by atoms with Crippen molar-refractivity contribution in [1.29, 1.82) is 0 Å². The first kappa shape index (κ1) is 19.8. The number of urea groups is 1. The number of primary amides is 1. The van der Waals surface area contributed by atoms with E-state index in [1.165, 1.54) is 10.9 Å². The Morgan fingerprint density at radius 2 is 1.82 bits per heavy atom. The van der Waals surface area contributed by atoms with Crippen LogP contribution in [0.25, 0.3) is 10.9 Å². The van der Waals surface area contributed by atoms with Crippen LogP contribution in [0.5, 0.6) is 0 Å². The Morgan fingerprint density at radius 1 is 1.07 bits per heavy atom. The van der Waals surface area contributed by atoms with Crippen LogP contribution in [0.4, 0.5) is 4.79 Å². The van der Waals surface area contributed by atoms with E-state index in [2.05, 4.69) is 39.6 Å². The van der Waals surface area contributed by atoms with Crippen molar-refractivity contribution in [2.75, 3.05) is 6.54 Å². The highest BCUT2D eigenvalue weighted by Crippen LogP contribution is 2.19. The van der Waals surface area contributed by atoms with E-state index in [1.807, 2.05) is 12.1 Å². The summed E-state index contributed by atoms with van der Waals surface area (Å²) in [5.41, 5.74) is 7.20. The van der Waals surface area contributed by atoms with Gasteiger partial charge in [-0.3, -0.25) is 4.79 Å². The van der Waals surface area contributed by atoms with Gasteiger partial charge in [0.2, 0.25) is 5.91 Å². The number of fused-ring (bicyclic) bond motifs is 1. The normalized spacial score (nSPS) is 11.9. The fourth-order valence-corrected chi connectivity index (χ4v) is 3.32. The highest BCUT2D eigenvalue weighted by molar-refractivity contribution is 6.30. The molecule has 6 nitrogen and oxygen atoms in total. The molecular weight excluding hydrogens is 376 g/mol. The lowest BCUT2D eigenvalue weighted by molar-refractivity contribution is -0.121. The van der Waals surface area contributed by atoms with Crippen LogP contribution >= 0.6 is 11.6 Å². The summed E-state index contributed by atoms with van der Waals surface area (Å²) in [7, 11) is 0. The average Bonchev–Trinajstić information content (AvgIpc) is 3.08. The molecule has 0 bridgehead atoms. The monoisotopic (exact) mass is 398 g/mol. The summed E-state index contributed by atoms with van der Waals surface area (Å²) >= 11 is 5.90. The minimum Gasteiger partial charge on any atom is -0.356 e. The van der Waals surface area contributed by atoms with Crippen molar-refractivity contribution in [3.8, 4) is 0 Å². The highest BCUT2D eigenvalue weighted by Gasteiger charge is 2.17. The lowest BCUT2D eigenvalue weighted by atomic mass is 10.0. The van der Waals surface area contributed by atoms with Crippen LogP contribution < -0.4 is 16.4 Å². The summed E-state index contributed by atoms with van der Waals surface area (Å²) in [6.07, 6.45) is 2.97. The second-order valence-corrected chi connectivity index (χ2v) is 7.02. The molecule has 1 aromatic heterocycles. The molecule has 0 saturated carbocycles. The van der Waals surface area contributed by atoms with Gasteiger partial charge in [0.1, 0.15) is 0 Å². The average molecular weight is 399 g/mol. The van der Waals surface area contributed by atoms with Crippen LogP contribution in [0.3, 0.4) is 0 Å². The Morgan fingerprint density at radius 3 is 2.57 bits per heavy atom. The molecule has 0 aliphatic heterocycles. The number of carbonyl (C=O) groups excluding carboxylic acids is 2. The van der Waals surface area contributed by atoms with Gasteiger partial charge in [0, 0.05) is 29.8 Å². The predicted molar refractivity (Wildman–Crippen MR) is 111 cm³/mol. The van der Waals surface area contributed by atoms with Crippen LogP contribution in [0.2, 0.25) is 5.02 Å². The number of benzene rings is 2. The Bertz CT molecular complexity index is 952. The molecule has 7 heteroatoms. The third kappa shape index (κ3) is 5.27. The van der Waals surface area contributed by atoms with Gasteiger partial charge in [0.25, 0.3) is 0 Å². The molecule has 0 aliphatic carbocycles. The van der Waals surface area contributed by atoms with Gasteiger partial charge < -0.3 is 20.9 Å². The molecule has 3 rings (SSSR count). The van der Waals surface area contributed by atoms with E-state index >= 15 is 0 Å². The molecule has 0 fully saturated rings. The molecule has 2 aromatic carbocycles. The van der Waals surface area contributed by atoms with Crippen molar-refractivity contribution in [3.05, 3.63) is 71.4 Å². The molecule has 0 spiro atoms. The van der Waals surface area contributed by atoms with Crippen molar-refractivity contribution in [2.24, 2.45) is 5.73 Å². The second-order valence-electron chi connectivity index (χ2n) is 6.59. The Hall–Kier alpha value is -2.99. The maximum Gasteiger partial charge on any atom is 0.312 e. The zero-order valence-corrected chi connectivity index (χ0v) is 16.2. The van der Waals surface area contributed by atoms with E-state index in [0.717, 1.165) is 18.5 Å².